The number of benzene rings is 2. The van der Waals surface area contributed by atoms with Crippen molar-refractivity contribution in [2.24, 2.45) is 0 Å². The molecule has 146 valence electrons. The number of nitrogens with zero attached hydrogens (tertiary/aromatic N) is 2. The minimum Gasteiger partial charge on any atom is -0.494 e. The lowest BCUT2D eigenvalue weighted by atomic mass is 10.1. The average molecular weight is 381 g/mol. The van der Waals surface area contributed by atoms with Crippen LogP contribution in [0.5, 0.6) is 11.5 Å². The van der Waals surface area contributed by atoms with Crippen LogP contribution in [0.1, 0.15) is 26.3 Å². The molecule has 2 aromatic carbocycles. The van der Waals surface area contributed by atoms with Crippen molar-refractivity contribution in [2.75, 3.05) is 11.9 Å². The number of ether oxygens (including phenoxy) is 2. The third-order valence-corrected chi connectivity index (χ3v) is 4.18. The van der Waals surface area contributed by atoms with E-state index in [1.165, 1.54) is 5.56 Å². The van der Waals surface area contributed by atoms with Crippen molar-refractivity contribution in [1.29, 1.82) is 0 Å². The molecule has 3 aromatic rings. The zero-order valence-electron chi connectivity index (χ0n) is 16.1. The summed E-state index contributed by atoms with van der Waals surface area (Å²) in [6.45, 7) is 6.27. The molecular formula is C21H23N3O4. The fraction of sp³-hybridized carbons (Fsp3) is 0.286. The molecule has 7 heteroatoms. The summed E-state index contributed by atoms with van der Waals surface area (Å²) in [5.74, 6) is 1.28. The zero-order valence-corrected chi connectivity index (χ0v) is 16.1. The van der Waals surface area contributed by atoms with E-state index in [9.17, 15) is 4.79 Å². The first-order valence-corrected chi connectivity index (χ1v) is 9.23. The maximum Gasteiger partial charge on any atom is 0.266 e. The van der Waals surface area contributed by atoms with Gasteiger partial charge in [0.1, 0.15) is 11.5 Å². The highest BCUT2D eigenvalue weighted by Gasteiger charge is 2.20. The van der Waals surface area contributed by atoms with Crippen LogP contribution in [0.15, 0.2) is 53.2 Å². The van der Waals surface area contributed by atoms with E-state index in [1.807, 2.05) is 55.5 Å². The topological polar surface area (TPSA) is 86.5 Å². The lowest BCUT2D eigenvalue weighted by molar-refractivity contribution is -0.122. The van der Waals surface area contributed by atoms with Crippen LogP contribution in [0, 0.1) is 0 Å². The Morgan fingerprint density at radius 3 is 2.36 bits per heavy atom. The van der Waals surface area contributed by atoms with Gasteiger partial charge in [0, 0.05) is 5.56 Å². The first kappa shape index (κ1) is 19.4. The van der Waals surface area contributed by atoms with Gasteiger partial charge in [-0.1, -0.05) is 19.1 Å². The van der Waals surface area contributed by atoms with Gasteiger partial charge in [-0.25, -0.2) is 4.63 Å². The molecule has 0 aliphatic carbocycles. The molecule has 1 unspecified atom stereocenters. The number of nitrogens with one attached hydrogen (secondary N) is 1. The van der Waals surface area contributed by atoms with Crippen molar-refractivity contribution in [3.63, 3.8) is 0 Å². The molecule has 0 spiro atoms. The fourth-order valence-electron chi connectivity index (χ4n) is 2.62. The molecule has 1 atom stereocenters. The Hall–Kier alpha value is -3.35. The van der Waals surface area contributed by atoms with Crippen molar-refractivity contribution in [2.45, 2.75) is 33.3 Å². The molecule has 1 heterocycles. The molecule has 3 rings (SSSR count). The number of anilines is 1. The lowest BCUT2D eigenvalue weighted by Gasteiger charge is -2.14. The molecule has 0 radical (unpaired) electrons. The molecule has 0 bridgehead atoms. The Morgan fingerprint density at radius 1 is 1.04 bits per heavy atom. The van der Waals surface area contributed by atoms with E-state index in [-0.39, 0.29) is 11.7 Å². The Bertz CT molecular complexity index is 904. The highest BCUT2D eigenvalue weighted by molar-refractivity contribution is 5.95. The van der Waals surface area contributed by atoms with Crippen LogP contribution in [0.25, 0.3) is 11.3 Å². The number of hydrogen-bond donors (Lipinski definition) is 1. The monoisotopic (exact) mass is 381 g/mol. The van der Waals surface area contributed by atoms with Gasteiger partial charge in [-0.2, -0.15) is 0 Å². The van der Waals surface area contributed by atoms with Gasteiger partial charge in [0.15, 0.2) is 11.8 Å². The maximum absolute atomic E-state index is 12.5. The SMILES string of the molecule is CCOc1ccc(-c2nonc2NC(=O)C(C)Oc2ccc(CC)cc2)cc1. The molecule has 0 saturated heterocycles. The van der Waals surface area contributed by atoms with E-state index >= 15 is 0 Å². The van der Waals surface area contributed by atoms with Gasteiger partial charge in [0.05, 0.1) is 6.61 Å². The van der Waals surface area contributed by atoms with E-state index in [4.69, 9.17) is 14.1 Å². The van der Waals surface area contributed by atoms with Gasteiger partial charge in [-0.15, -0.1) is 0 Å². The van der Waals surface area contributed by atoms with Crippen LogP contribution in [-0.2, 0) is 11.2 Å². The van der Waals surface area contributed by atoms with E-state index in [2.05, 4.69) is 22.6 Å². The summed E-state index contributed by atoms with van der Waals surface area (Å²) >= 11 is 0. The largest absolute Gasteiger partial charge is 0.494 e. The summed E-state index contributed by atoms with van der Waals surface area (Å²) < 4.78 is 16.0. The quantitative estimate of drug-likeness (QED) is 0.632. The lowest BCUT2D eigenvalue weighted by Crippen LogP contribution is -2.30. The summed E-state index contributed by atoms with van der Waals surface area (Å²) in [5.41, 5.74) is 2.40. The molecule has 1 amide bonds. The van der Waals surface area contributed by atoms with Crippen LogP contribution >= 0.6 is 0 Å². The molecule has 7 nitrogen and oxygen atoms in total. The van der Waals surface area contributed by atoms with E-state index in [0.29, 0.717) is 18.1 Å². The molecule has 0 aliphatic heterocycles. The van der Waals surface area contributed by atoms with Gasteiger partial charge >= 0.3 is 0 Å². The van der Waals surface area contributed by atoms with Crippen molar-refractivity contribution in [3.05, 3.63) is 54.1 Å². The Labute approximate surface area is 163 Å². The minimum absolute atomic E-state index is 0.242. The normalized spacial score (nSPS) is 11.7. The van der Waals surface area contributed by atoms with E-state index < -0.39 is 6.10 Å². The minimum atomic E-state index is -0.711. The maximum atomic E-state index is 12.5. The molecule has 0 aliphatic rings. The van der Waals surface area contributed by atoms with Crippen LogP contribution in [0.3, 0.4) is 0 Å². The van der Waals surface area contributed by atoms with Gasteiger partial charge in [-0.05, 0) is 72.5 Å². The highest BCUT2D eigenvalue weighted by Crippen LogP contribution is 2.26. The highest BCUT2D eigenvalue weighted by atomic mass is 16.6. The molecule has 0 fully saturated rings. The number of rotatable bonds is 8. The third kappa shape index (κ3) is 4.68. The fourth-order valence-corrected chi connectivity index (χ4v) is 2.62. The second-order valence-electron chi connectivity index (χ2n) is 6.17. The second-order valence-corrected chi connectivity index (χ2v) is 6.17. The molecule has 28 heavy (non-hydrogen) atoms. The van der Waals surface area contributed by atoms with Gasteiger partial charge in [0.2, 0.25) is 5.82 Å². The van der Waals surface area contributed by atoms with Crippen LogP contribution in [0.4, 0.5) is 5.82 Å². The number of hydrogen-bond acceptors (Lipinski definition) is 6. The summed E-state index contributed by atoms with van der Waals surface area (Å²) in [7, 11) is 0. The smallest absolute Gasteiger partial charge is 0.266 e. The summed E-state index contributed by atoms with van der Waals surface area (Å²) in [4.78, 5) is 12.5. The third-order valence-electron chi connectivity index (χ3n) is 4.18. The molecule has 1 aromatic heterocycles. The Balaban J connectivity index is 1.66. The van der Waals surface area contributed by atoms with E-state index in [1.54, 1.807) is 6.92 Å². The predicted molar refractivity (Wildman–Crippen MR) is 105 cm³/mol. The standard InChI is InChI=1S/C21H23N3O4/c1-4-15-6-10-18(11-7-15)27-14(3)21(25)22-20-19(23-28-24-20)16-8-12-17(13-9-16)26-5-2/h6-14H,4-5H2,1-3H3,(H,22,24,25). The van der Waals surface area contributed by atoms with Gasteiger partial charge in [-0.3, -0.25) is 4.79 Å². The first-order chi connectivity index (χ1) is 13.6. The summed E-state index contributed by atoms with van der Waals surface area (Å²) in [6, 6.07) is 15.0. The second kappa shape index (κ2) is 9.03. The molecular weight excluding hydrogens is 358 g/mol. The van der Waals surface area contributed by atoms with Gasteiger partial charge in [0.25, 0.3) is 5.91 Å². The molecule has 1 N–H and O–H groups in total. The van der Waals surface area contributed by atoms with Crippen LogP contribution < -0.4 is 14.8 Å². The van der Waals surface area contributed by atoms with Crippen molar-refractivity contribution in [3.8, 4) is 22.8 Å². The average Bonchev–Trinajstić information content (AvgIpc) is 3.17. The number of aryl methyl sites for hydroxylation is 1. The van der Waals surface area contributed by atoms with Crippen LogP contribution in [0.2, 0.25) is 0 Å². The zero-order chi connectivity index (χ0) is 19.9. The Morgan fingerprint density at radius 2 is 1.71 bits per heavy atom. The van der Waals surface area contributed by atoms with Crippen molar-refractivity contribution < 1.29 is 18.9 Å². The number of carbonyl (C=O) groups is 1. The van der Waals surface area contributed by atoms with Crippen molar-refractivity contribution >= 4 is 11.7 Å². The molecule has 0 saturated carbocycles. The Kier molecular flexibility index (Phi) is 6.26. The summed E-state index contributed by atoms with van der Waals surface area (Å²) in [6.07, 6.45) is 0.237. The van der Waals surface area contributed by atoms with E-state index in [0.717, 1.165) is 17.7 Å². The summed E-state index contributed by atoms with van der Waals surface area (Å²) in [5, 5.41) is 10.4. The number of aromatic nitrogens is 2. The van der Waals surface area contributed by atoms with Crippen LogP contribution in [-0.4, -0.2) is 28.9 Å². The van der Waals surface area contributed by atoms with Crippen molar-refractivity contribution in [1.82, 2.24) is 10.3 Å². The predicted octanol–water partition coefficient (Wildman–Crippen LogP) is 4.10. The first-order valence-electron chi connectivity index (χ1n) is 9.23. The number of amides is 1. The van der Waals surface area contributed by atoms with Gasteiger partial charge < -0.3 is 14.8 Å². The number of carbonyl (C=O) groups excluding carboxylic acids is 1.